The minimum atomic E-state index is -0.675. The van der Waals surface area contributed by atoms with Gasteiger partial charge in [0.05, 0.1) is 18.4 Å². The highest BCUT2D eigenvalue weighted by Crippen LogP contribution is 2.27. The number of hydrogen-bond acceptors (Lipinski definition) is 3. The van der Waals surface area contributed by atoms with Gasteiger partial charge < -0.3 is 9.84 Å². The van der Waals surface area contributed by atoms with E-state index in [1.165, 1.54) is 22.3 Å². The van der Waals surface area contributed by atoms with Crippen LogP contribution in [0.3, 0.4) is 0 Å². The van der Waals surface area contributed by atoms with E-state index in [0.717, 1.165) is 12.8 Å². The Balaban J connectivity index is 0.000000152. The highest BCUT2D eigenvalue weighted by Gasteiger charge is 2.28. The Bertz CT molecular complexity index is 746. The molecule has 4 rings (SSSR count). The maximum Gasteiger partial charge on any atom is 0.309 e. The zero-order valence-electron chi connectivity index (χ0n) is 15.0. The van der Waals surface area contributed by atoms with Crippen molar-refractivity contribution in [3.63, 3.8) is 0 Å². The topological polar surface area (TPSA) is 63.6 Å². The van der Waals surface area contributed by atoms with Crippen molar-refractivity contribution in [3.05, 3.63) is 70.8 Å². The molecule has 4 nitrogen and oxygen atoms in total. The van der Waals surface area contributed by atoms with Crippen molar-refractivity contribution in [3.8, 4) is 0 Å². The van der Waals surface area contributed by atoms with E-state index in [4.69, 9.17) is 9.84 Å². The number of carboxylic acid groups (broad SMARTS) is 1. The number of benzene rings is 2. The van der Waals surface area contributed by atoms with E-state index < -0.39 is 5.97 Å². The molecule has 0 aromatic heterocycles. The summed E-state index contributed by atoms with van der Waals surface area (Å²) in [6.07, 6.45) is 3.08. The Morgan fingerprint density at radius 2 is 1.23 bits per heavy atom. The molecule has 2 aromatic rings. The van der Waals surface area contributed by atoms with Crippen LogP contribution < -0.4 is 0 Å². The fraction of sp³-hybridized carbons (Fsp3) is 0.364. The number of rotatable bonds is 3. The molecule has 2 aliphatic carbocycles. The summed E-state index contributed by atoms with van der Waals surface area (Å²) in [5.74, 6) is -0.871. The SMILES string of the molecule is CCOC(=O)C1Cc2ccccc2C1.O=C(O)C1Cc2ccccc2C1. The van der Waals surface area contributed by atoms with Gasteiger partial charge >= 0.3 is 11.9 Å². The summed E-state index contributed by atoms with van der Waals surface area (Å²) in [4.78, 5) is 22.2. The third-order valence-electron chi connectivity index (χ3n) is 5.07. The van der Waals surface area contributed by atoms with Crippen molar-refractivity contribution in [2.24, 2.45) is 11.8 Å². The van der Waals surface area contributed by atoms with Gasteiger partial charge in [0.1, 0.15) is 0 Å². The number of carbonyl (C=O) groups excluding carboxylic acids is 1. The molecule has 26 heavy (non-hydrogen) atoms. The molecular formula is C22H24O4. The maximum atomic E-state index is 11.5. The fourth-order valence-electron chi connectivity index (χ4n) is 3.72. The maximum absolute atomic E-state index is 11.5. The van der Waals surface area contributed by atoms with Crippen LogP contribution >= 0.6 is 0 Å². The first kappa shape index (κ1) is 18.2. The predicted octanol–water partition coefficient (Wildman–Crippen LogP) is 3.45. The molecule has 0 heterocycles. The lowest BCUT2D eigenvalue weighted by atomic mass is 10.1. The lowest BCUT2D eigenvalue weighted by molar-refractivity contribution is -0.147. The van der Waals surface area contributed by atoms with Crippen LogP contribution in [-0.2, 0) is 40.0 Å². The van der Waals surface area contributed by atoms with Crippen molar-refractivity contribution >= 4 is 11.9 Å². The second kappa shape index (κ2) is 8.17. The van der Waals surface area contributed by atoms with Crippen LogP contribution in [0.2, 0.25) is 0 Å². The van der Waals surface area contributed by atoms with Crippen LogP contribution in [0.15, 0.2) is 48.5 Å². The molecule has 2 aromatic carbocycles. The number of hydrogen-bond donors (Lipinski definition) is 1. The standard InChI is InChI=1S/C12H14O2.C10H10O2/c1-2-14-12(13)11-7-9-5-3-4-6-10(9)8-11;11-10(12)9-5-7-3-1-2-4-8(7)6-9/h3-6,11H,2,7-8H2,1H3;1-4,9H,5-6H2,(H,11,12). The van der Waals surface area contributed by atoms with Crippen molar-refractivity contribution in [2.75, 3.05) is 6.61 Å². The number of fused-ring (bicyclic) bond motifs is 2. The minimum absolute atomic E-state index is 0.0485. The van der Waals surface area contributed by atoms with Gasteiger partial charge in [-0.25, -0.2) is 0 Å². The van der Waals surface area contributed by atoms with Crippen LogP contribution in [-0.4, -0.2) is 23.7 Å². The number of ether oxygens (including phenoxy) is 1. The third kappa shape index (κ3) is 4.13. The molecule has 0 aliphatic heterocycles. The molecule has 0 fully saturated rings. The van der Waals surface area contributed by atoms with Gasteiger partial charge in [0.2, 0.25) is 0 Å². The molecule has 0 saturated heterocycles. The summed E-state index contributed by atoms with van der Waals surface area (Å²) in [6, 6.07) is 16.2. The smallest absolute Gasteiger partial charge is 0.309 e. The second-order valence-electron chi connectivity index (χ2n) is 6.84. The van der Waals surface area contributed by atoms with Crippen LogP contribution in [0.1, 0.15) is 29.2 Å². The number of aliphatic carboxylic acids is 1. The Morgan fingerprint density at radius 3 is 1.58 bits per heavy atom. The quantitative estimate of drug-likeness (QED) is 0.860. The van der Waals surface area contributed by atoms with Gasteiger partial charge in [-0.15, -0.1) is 0 Å². The molecule has 2 aliphatic rings. The first-order chi connectivity index (χ1) is 12.6. The summed E-state index contributed by atoms with van der Waals surface area (Å²) in [7, 11) is 0. The van der Waals surface area contributed by atoms with Gasteiger partial charge in [-0.2, -0.15) is 0 Å². The van der Waals surface area contributed by atoms with Crippen LogP contribution in [0, 0.1) is 11.8 Å². The predicted molar refractivity (Wildman–Crippen MR) is 98.9 cm³/mol. The average Bonchev–Trinajstić information content (AvgIpc) is 3.26. The Morgan fingerprint density at radius 1 is 0.846 bits per heavy atom. The van der Waals surface area contributed by atoms with Gasteiger partial charge in [0.25, 0.3) is 0 Å². The second-order valence-corrected chi connectivity index (χ2v) is 6.84. The summed E-state index contributed by atoms with van der Waals surface area (Å²) < 4.78 is 5.02. The van der Waals surface area contributed by atoms with Crippen molar-refractivity contribution in [1.29, 1.82) is 0 Å². The Hall–Kier alpha value is -2.62. The molecule has 136 valence electrons. The molecule has 1 N–H and O–H groups in total. The largest absolute Gasteiger partial charge is 0.481 e. The highest BCUT2D eigenvalue weighted by molar-refractivity contribution is 5.74. The van der Waals surface area contributed by atoms with Crippen LogP contribution in [0.25, 0.3) is 0 Å². The normalized spacial score (nSPS) is 15.6. The van der Waals surface area contributed by atoms with E-state index in [-0.39, 0.29) is 17.8 Å². The summed E-state index contributed by atoms with van der Waals surface area (Å²) in [6.45, 7) is 2.33. The molecule has 0 spiro atoms. The third-order valence-corrected chi connectivity index (χ3v) is 5.07. The van der Waals surface area contributed by atoms with E-state index in [9.17, 15) is 9.59 Å². The molecule has 0 atom stereocenters. The zero-order valence-corrected chi connectivity index (χ0v) is 15.0. The summed E-state index contributed by atoms with van der Waals surface area (Å²) in [5.41, 5.74) is 4.99. The average molecular weight is 352 g/mol. The van der Waals surface area contributed by atoms with Crippen molar-refractivity contribution in [2.45, 2.75) is 32.6 Å². The summed E-state index contributed by atoms with van der Waals surface area (Å²) >= 11 is 0. The van der Waals surface area contributed by atoms with E-state index >= 15 is 0 Å². The molecule has 4 heteroatoms. The molecule has 0 radical (unpaired) electrons. The van der Waals surface area contributed by atoms with Crippen LogP contribution in [0.5, 0.6) is 0 Å². The summed E-state index contributed by atoms with van der Waals surface area (Å²) in [5, 5.41) is 8.79. The molecule has 0 amide bonds. The number of carboxylic acids is 1. The lowest BCUT2D eigenvalue weighted by Crippen LogP contribution is -2.17. The fourth-order valence-corrected chi connectivity index (χ4v) is 3.72. The first-order valence-corrected chi connectivity index (χ1v) is 9.11. The number of carbonyl (C=O) groups is 2. The lowest BCUT2D eigenvalue weighted by Gasteiger charge is -2.06. The van der Waals surface area contributed by atoms with Gasteiger partial charge in [-0.05, 0) is 54.9 Å². The van der Waals surface area contributed by atoms with Gasteiger partial charge in [0.15, 0.2) is 0 Å². The highest BCUT2D eigenvalue weighted by atomic mass is 16.5. The number of esters is 1. The molecular weight excluding hydrogens is 328 g/mol. The van der Waals surface area contributed by atoms with Gasteiger partial charge in [-0.3, -0.25) is 9.59 Å². The zero-order chi connectivity index (χ0) is 18.5. The minimum Gasteiger partial charge on any atom is -0.481 e. The van der Waals surface area contributed by atoms with Gasteiger partial charge in [0, 0.05) is 0 Å². The van der Waals surface area contributed by atoms with E-state index in [1.807, 2.05) is 43.3 Å². The molecule has 0 unspecified atom stereocenters. The van der Waals surface area contributed by atoms with E-state index in [1.54, 1.807) is 0 Å². The van der Waals surface area contributed by atoms with Crippen molar-refractivity contribution < 1.29 is 19.4 Å². The Kier molecular flexibility index (Phi) is 5.71. The first-order valence-electron chi connectivity index (χ1n) is 9.11. The van der Waals surface area contributed by atoms with Crippen LogP contribution in [0.4, 0.5) is 0 Å². The van der Waals surface area contributed by atoms with Gasteiger partial charge in [-0.1, -0.05) is 48.5 Å². The van der Waals surface area contributed by atoms with Crippen molar-refractivity contribution in [1.82, 2.24) is 0 Å². The van der Waals surface area contributed by atoms with E-state index in [2.05, 4.69) is 12.1 Å². The Labute approximate surface area is 153 Å². The molecule has 0 bridgehead atoms. The monoisotopic (exact) mass is 352 g/mol. The van der Waals surface area contributed by atoms with E-state index in [0.29, 0.717) is 19.4 Å². The molecule has 0 saturated carbocycles.